The van der Waals surface area contributed by atoms with E-state index >= 15 is 0 Å². The number of nitrogens with one attached hydrogen (secondary N) is 2. The minimum Gasteiger partial charge on any atom is -0.319 e. The molecule has 28 heavy (non-hydrogen) atoms. The third kappa shape index (κ3) is 4.88. The van der Waals surface area contributed by atoms with Gasteiger partial charge >= 0.3 is 0 Å². The van der Waals surface area contributed by atoms with E-state index < -0.39 is 0 Å². The van der Waals surface area contributed by atoms with Crippen LogP contribution in [0.2, 0.25) is 0 Å². The van der Waals surface area contributed by atoms with E-state index in [0.717, 1.165) is 29.8 Å². The van der Waals surface area contributed by atoms with E-state index in [1.807, 2.05) is 23.0 Å². The van der Waals surface area contributed by atoms with Gasteiger partial charge in [-0.25, -0.2) is 0 Å². The summed E-state index contributed by atoms with van der Waals surface area (Å²) in [5.41, 5.74) is 2.78. The Morgan fingerprint density at radius 1 is 1.18 bits per heavy atom. The summed E-state index contributed by atoms with van der Waals surface area (Å²) in [5, 5.41) is 11.1. The van der Waals surface area contributed by atoms with Gasteiger partial charge in [-0.3, -0.25) is 9.48 Å². The molecule has 7 heteroatoms. The molecule has 1 aromatic heterocycles. The lowest BCUT2D eigenvalue weighted by Gasteiger charge is -2.26. The van der Waals surface area contributed by atoms with Gasteiger partial charge in [-0.15, -0.1) is 24.8 Å². The first kappa shape index (κ1) is 21.2. The van der Waals surface area contributed by atoms with Crippen molar-refractivity contribution in [3.05, 3.63) is 47.8 Å². The van der Waals surface area contributed by atoms with E-state index in [4.69, 9.17) is 0 Å². The molecule has 0 spiro atoms. The van der Waals surface area contributed by atoms with Gasteiger partial charge in [0.1, 0.15) is 0 Å². The van der Waals surface area contributed by atoms with Crippen molar-refractivity contribution in [1.29, 1.82) is 0 Å². The lowest BCUT2D eigenvalue weighted by molar-refractivity contribution is 0.102. The third-order valence-electron chi connectivity index (χ3n) is 5.96. The van der Waals surface area contributed by atoms with Gasteiger partial charge < -0.3 is 10.6 Å². The summed E-state index contributed by atoms with van der Waals surface area (Å²) in [6, 6.07) is 9.42. The quantitative estimate of drug-likeness (QED) is 0.695. The van der Waals surface area contributed by atoms with Crippen LogP contribution in [0.4, 0.5) is 5.69 Å². The van der Waals surface area contributed by atoms with Crippen LogP contribution in [0.15, 0.2) is 36.7 Å². The van der Waals surface area contributed by atoms with Crippen molar-refractivity contribution < 1.29 is 4.79 Å². The second kappa shape index (κ2) is 8.85. The van der Waals surface area contributed by atoms with Crippen molar-refractivity contribution in [2.24, 2.45) is 5.92 Å². The largest absolute Gasteiger partial charge is 0.319 e. The Labute approximate surface area is 178 Å². The first-order valence-corrected chi connectivity index (χ1v) is 9.94. The summed E-state index contributed by atoms with van der Waals surface area (Å²) in [6.07, 6.45) is 11.5. The number of carbonyl (C=O) groups excluding carboxylic acids is 1. The predicted octanol–water partition coefficient (Wildman–Crippen LogP) is 4.39. The molecule has 3 saturated carbocycles. The highest BCUT2D eigenvalue weighted by molar-refractivity contribution is 6.04. The molecule has 1 amide bonds. The number of nitrogens with zero attached hydrogens (tertiary/aromatic N) is 2. The Kier molecular flexibility index (Phi) is 6.69. The molecule has 2 atom stereocenters. The smallest absolute Gasteiger partial charge is 0.255 e. The van der Waals surface area contributed by atoms with Gasteiger partial charge in [0, 0.05) is 36.3 Å². The molecule has 5 nitrogen and oxygen atoms in total. The zero-order valence-electron chi connectivity index (χ0n) is 15.8. The normalized spacial score (nSPS) is 23.1. The number of hydrogen-bond acceptors (Lipinski definition) is 3. The second-order valence-electron chi connectivity index (χ2n) is 8.22. The van der Waals surface area contributed by atoms with Crippen LogP contribution in [-0.4, -0.2) is 27.8 Å². The molecule has 1 aromatic carbocycles. The molecule has 3 aliphatic carbocycles. The van der Waals surface area contributed by atoms with Crippen LogP contribution < -0.4 is 10.6 Å². The molecule has 0 aliphatic heterocycles. The fourth-order valence-corrected chi connectivity index (χ4v) is 3.83. The highest BCUT2D eigenvalue weighted by Gasteiger charge is 2.40. The Balaban J connectivity index is 0.00000112. The molecule has 1 heterocycles. The number of carbonyl (C=O) groups is 1. The van der Waals surface area contributed by atoms with Crippen molar-refractivity contribution in [2.75, 3.05) is 5.32 Å². The zero-order valence-corrected chi connectivity index (χ0v) is 17.5. The first-order chi connectivity index (χ1) is 12.7. The van der Waals surface area contributed by atoms with Crippen molar-refractivity contribution in [1.82, 2.24) is 15.1 Å². The molecule has 2 N–H and O–H groups in total. The highest BCUT2D eigenvalue weighted by Crippen LogP contribution is 2.42. The van der Waals surface area contributed by atoms with Gasteiger partial charge in [-0.2, -0.15) is 5.10 Å². The van der Waals surface area contributed by atoms with Crippen molar-refractivity contribution in [3.63, 3.8) is 0 Å². The van der Waals surface area contributed by atoms with Crippen LogP contribution in [0, 0.1) is 5.92 Å². The Hall–Kier alpha value is -1.56. The van der Waals surface area contributed by atoms with Crippen LogP contribution in [0.3, 0.4) is 0 Å². The first-order valence-electron chi connectivity index (χ1n) is 9.94. The maximum atomic E-state index is 12.6. The number of aromatic nitrogens is 2. The van der Waals surface area contributed by atoms with E-state index in [1.54, 1.807) is 6.20 Å². The third-order valence-corrected chi connectivity index (χ3v) is 5.96. The second-order valence-corrected chi connectivity index (χ2v) is 8.22. The van der Waals surface area contributed by atoms with E-state index in [1.165, 1.54) is 44.1 Å². The summed E-state index contributed by atoms with van der Waals surface area (Å²) in [7, 11) is 0. The van der Waals surface area contributed by atoms with E-state index in [2.05, 4.69) is 27.9 Å². The van der Waals surface area contributed by atoms with Crippen molar-refractivity contribution >= 4 is 36.4 Å². The Bertz CT molecular complexity index is 816. The number of anilines is 1. The average molecular weight is 423 g/mol. The monoisotopic (exact) mass is 422 g/mol. The van der Waals surface area contributed by atoms with Crippen LogP contribution in [-0.2, 0) is 6.54 Å². The van der Waals surface area contributed by atoms with Crippen LogP contribution in [0.1, 0.15) is 60.4 Å². The Morgan fingerprint density at radius 2 is 2.00 bits per heavy atom. The fourth-order valence-electron chi connectivity index (χ4n) is 3.83. The molecule has 5 rings (SSSR count). The van der Waals surface area contributed by atoms with Crippen LogP contribution in [0.5, 0.6) is 0 Å². The number of benzene rings is 1. The molecular weight excluding hydrogens is 395 g/mol. The topological polar surface area (TPSA) is 59.0 Å². The van der Waals surface area contributed by atoms with E-state index in [9.17, 15) is 4.79 Å². The molecule has 3 fully saturated rings. The van der Waals surface area contributed by atoms with E-state index in [0.29, 0.717) is 12.0 Å². The van der Waals surface area contributed by atoms with Crippen LogP contribution in [0.25, 0.3) is 0 Å². The minimum absolute atomic E-state index is 0. The number of hydrogen-bond donors (Lipinski definition) is 2. The molecule has 0 bridgehead atoms. The molecule has 2 unspecified atom stereocenters. The maximum Gasteiger partial charge on any atom is 0.255 e. The number of halogens is 2. The summed E-state index contributed by atoms with van der Waals surface area (Å²) in [5.74, 6) is 1.28. The van der Waals surface area contributed by atoms with Gasteiger partial charge in [-0.05, 0) is 55.7 Å². The minimum atomic E-state index is -0.0537. The van der Waals surface area contributed by atoms with Crippen molar-refractivity contribution in [2.45, 2.75) is 63.1 Å². The molecular formula is C21H28Cl2N4O. The maximum absolute atomic E-state index is 12.6. The summed E-state index contributed by atoms with van der Waals surface area (Å²) < 4.78 is 1.94. The average Bonchev–Trinajstić information content (AvgIpc) is 3.51. The summed E-state index contributed by atoms with van der Waals surface area (Å²) >= 11 is 0. The lowest BCUT2D eigenvalue weighted by Crippen LogP contribution is -2.37. The predicted molar refractivity (Wildman–Crippen MR) is 116 cm³/mol. The molecule has 3 aliphatic rings. The number of amides is 1. The Morgan fingerprint density at radius 3 is 2.71 bits per heavy atom. The highest BCUT2D eigenvalue weighted by atomic mass is 35.5. The number of rotatable bonds is 7. The van der Waals surface area contributed by atoms with Gasteiger partial charge in [0.2, 0.25) is 0 Å². The van der Waals surface area contributed by atoms with E-state index in [-0.39, 0.29) is 30.7 Å². The van der Waals surface area contributed by atoms with Gasteiger partial charge in [0.25, 0.3) is 5.91 Å². The SMILES string of the molecule is Cl.Cl.O=C(Nc1cnn(CC2CC2)c1)c1cccc(C2CC2NC2CCC2)c1. The van der Waals surface area contributed by atoms with Gasteiger partial charge in [0.05, 0.1) is 11.9 Å². The molecule has 152 valence electrons. The lowest BCUT2D eigenvalue weighted by atomic mass is 9.93. The van der Waals surface area contributed by atoms with Gasteiger partial charge in [0.15, 0.2) is 0 Å². The zero-order chi connectivity index (χ0) is 17.5. The summed E-state index contributed by atoms with van der Waals surface area (Å²) in [6.45, 7) is 0.961. The molecule has 0 radical (unpaired) electrons. The van der Waals surface area contributed by atoms with Crippen molar-refractivity contribution in [3.8, 4) is 0 Å². The van der Waals surface area contributed by atoms with Gasteiger partial charge in [-0.1, -0.05) is 18.6 Å². The summed E-state index contributed by atoms with van der Waals surface area (Å²) in [4.78, 5) is 12.6. The standard InChI is InChI=1S/C21H26N4O.2ClH/c26-21(24-18-11-22-25(13-18)12-14-7-8-14)16-4-1-3-15(9-16)19-10-20(19)23-17-5-2-6-17;;/h1,3-4,9,11,13-14,17,19-20,23H,2,5-8,10,12H2,(H,24,26);2*1H. The fraction of sp³-hybridized carbons (Fsp3) is 0.524. The molecule has 0 saturated heterocycles. The molecule has 2 aromatic rings. The van der Waals surface area contributed by atoms with Crippen LogP contribution >= 0.6 is 24.8 Å².